The highest BCUT2D eigenvalue weighted by Crippen LogP contribution is 2.10. The lowest BCUT2D eigenvalue weighted by atomic mass is 10.3. The Labute approximate surface area is 60.6 Å². The standard InChI is InChI=1S/C8H10N2/c1-3-7-8(9-2)5-4-6-10-7/h3-6,9H,1H2,2H3. The summed E-state index contributed by atoms with van der Waals surface area (Å²) < 4.78 is 0. The van der Waals surface area contributed by atoms with Crippen molar-refractivity contribution >= 4 is 11.8 Å². The summed E-state index contributed by atoms with van der Waals surface area (Å²) in [6.45, 7) is 3.64. The third-order valence-electron chi connectivity index (χ3n) is 1.30. The van der Waals surface area contributed by atoms with E-state index < -0.39 is 0 Å². The first-order chi connectivity index (χ1) is 4.88. The van der Waals surface area contributed by atoms with Gasteiger partial charge in [-0.1, -0.05) is 6.58 Å². The van der Waals surface area contributed by atoms with E-state index in [4.69, 9.17) is 0 Å². The SMILES string of the molecule is C=Cc1ncccc1NC. The van der Waals surface area contributed by atoms with Crippen molar-refractivity contribution in [3.05, 3.63) is 30.6 Å². The molecule has 1 rings (SSSR count). The fourth-order valence-corrected chi connectivity index (χ4v) is 0.792. The minimum absolute atomic E-state index is 0.894. The van der Waals surface area contributed by atoms with Crippen LogP contribution in [-0.4, -0.2) is 12.0 Å². The molecule has 1 heterocycles. The van der Waals surface area contributed by atoms with Gasteiger partial charge in [-0.15, -0.1) is 0 Å². The molecule has 1 aromatic heterocycles. The monoisotopic (exact) mass is 134 g/mol. The van der Waals surface area contributed by atoms with Crippen molar-refractivity contribution in [2.75, 3.05) is 12.4 Å². The van der Waals surface area contributed by atoms with Gasteiger partial charge in [-0.05, 0) is 18.2 Å². The van der Waals surface area contributed by atoms with Gasteiger partial charge in [0, 0.05) is 13.2 Å². The lowest BCUT2D eigenvalue weighted by molar-refractivity contribution is 1.28. The third-order valence-corrected chi connectivity index (χ3v) is 1.30. The average molecular weight is 134 g/mol. The van der Waals surface area contributed by atoms with Crippen molar-refractivity contribution in [1.82, 2.24) is 4.98 Å². The number of aromatic nitrogens is 1. The van der Waals surface area contributed by atoms with Crippen LogP contribution in [0.1, 0.15) is 5.69 Å². The van der Waals surface area contributed by atoms with Crippen LogP contribution < -0.4 is 5.32 Å². The highest BCUT2D eigenvalue weighted by molar-refractivity contribution is 5.61. The van der Waals surface area contributed by atoms with Crippen LogP contribution in [-0.2, 0) is 0 Å². The number of rotatable bonds is 2. The quantitative estimate of drug-likeness (QED) is 0.666. The van der Waals surface area contributed by atoms with Gasteiger partial charge < -0.3 is 5.32 Å². The van der Waals surface area contributed by atoms with Crippen LogP contribution in [0.15, 0.2) is 24.9 Å². The Morgan fingerprint density at radius 2 is 2.50 bits per heavy atom. The van der Waals surface area contributed by atoms with E-state index in [0.717, 1.165) is 11.4 Å². The van der Waals surface area contributed by atoms with E-state index in [0.29, 0.717) is 0 Å². The zero-order chi connectivity index (χ0) is 7.40. The number of hydrogen-bond donors (Lipinski definition) is 1. The fraction of sp³-hybridized carbons (Fsp3) is 0.125. The van der Waals surface area contributed by atoms with Crippen LogP contribution in [0, 0.1) is 0 Å². The third kappa shape index (κ3) is 1.16. The zero-order valence-electron chi connectivity index (χ0n) is 5.96. The lowest BCUT2D eigenvalue weighted by Gasteiger charge is -2.01. The molecule has 0 amide bonds. The van der Waals surface area contributed by atoms with Gasteiger partial charge in [-0.2, -0.15) is 0 Å². The zero-order valence-corrected chi connectivity index (χ0v) is 5.96. The number of anilines is 1. The maximum absolute atomic E-state index is 4.09. The van der Waals surface area contributed by atoms with Crippen LogP contribution in [0.4, 0.5) is 5.69 Å². The van der Waals surface area contributed by atoms with Gasteiger partial charge in [0.25, 0.3) is 0 Å². The van der Waals surface area contributed by atoms with E-state index in [-0.39, 0.29) is 0 Å². The van der Waals surface area contributed by atoms with Crippen molar-refractivity contribution in [3.8, 4) is 0 Å². The molecule has 10 heavy (non-hydrogen) atoms. The highest BCUT2D eigenvalue weighted by Gasteiger charge is 1.92. The predicted molar refractivity (Wildman–Crippen MR) is 43.9 cm³/mol. The molecule has 52 valence electrons. The summed E-state index contributed by atoms with van der Waals surface area (Å²) in [5.74, 6) is 0. The Balaban J connectivity index is 3.08. The van der Waals surface area contributed by atoms with Gasteiger partial charge >= 0.3 is 0 Å². The van der Waals surface area contributed by atoms with Gasteiger partial charge in [0.2, 0.25) is 0 Å². The van der Waals surface area contributed by atoms with Crippen LogP contribution in [0.2, 0.25) is 0 Å². The second-order valence-electron chi connectivity index (χ2n) is 1.89. The molecule has 0 radical (unpaired) electrons. The van der Waals surface area contributed by atoms with E-state index in [1.807, 2.05) is 19.2 Å². The first-order valence-corrected chi connectivity index (χ1v) is 3.13. The van der Waals surface area contributed by atoms with Crippen LogP contribution >= 0.6 is 0 Å². The molecule has 0 atom stereocenters. The Morgan fingerprint density at radius 3 is 3.00 bits per heavy atom. The Morgan fingerprint density at radius 1 is 1.70 bits per heavy atom. The van der Waals surface area contributed by atoms with Gasteiger partial charge in [0.15, 0.2) is 0 Å². The van der Waals surface area contributed by atoms with E-state index in [9.17, 15) is 0 Å². The maximum atomic E-state index is 4.09. The van der Waals surface area contributed by atoms with Crippen LogP contribution in [0.25, 0.3) is 6.08 Å². The minimum Gasteiger partial charge on any atom is -0.386 e. The largest absolute Gasteiger partial charge is 0.386 e. The van der Waals surface area contributed by atoms with Gasteiger partial charge in [0.1, 0.15) is 0 Å². The second-order valence-corrected chi connectivity index (χ2v) is 1.89. The first-order valence-electron chi connectivity index (χ1n) is 3.13. The highest BCUT2D eigenvalue weighted by atomic mass is 14.9. The Kier molecular flexibility index (Phi) is 2.05. The molecule has 0 aliphatic heterocycles. The lowest BCUT2D eigenvalue weighted by Crippen LogP contribution is -1.92. The average Bonchev–Trinajstić information content (AvgIpc) is 2.04. The molecular weight excluding hydrogens is 124 g/mol. The minimum atomic E-state index is 0.894. The van der Waals surface area contributed by atoms with Crippen molar-refractivity contribution in [2.24, 2.45) is 0 Å². The molecule has 2 nitrogen and oxygen atoms in total. The van der Waals surface area contributed by atoms with Gasteiger partial charge in [0.05, 0.1) is 11.4 Å². The first kappa shape index (κ1) is 6.81. The second kappa shape index (κ2) is 3.01. The smallest absolute Gasteiger partial charge is 0.0854 e. The van der Waals surface area contributed by atoms with Gasteiger partial charge in [-0.25, -0.2) is 0 Å². The molecule has 0 aliphatic carbocycles. The van der Waals surface area contributed by atoms with Crippen molar-refractivity contribution < 1.29 is 0 Å². The maximum Gasteiger partial charge on any atom is 0.0854 e. The molecule has 1 aromatic rings. The molecular formula is C8H10N2. The molecule has 0 aliphatic rings. The normalized spacial score (nSPS) is 8.90. The summed E-state index contributed by atoms with van der Waals surface area (Å²) in [5.41, 5.74) is 1.91. The molecule has 0 fully saturated rings. The topological polar surface area (TPSA) is 24.9 Å². The molecule has 1 N–H and O–H groups in total. The number of hydrogen-bond acceptors (Lipinski definition) is 2. The molecule has 2 heteroatoms. The number of nitrogens with one attached hydrogen (secondary N) is 1. The van der Waals surface area contributed by atoms with Crippen LogP contribution in [0.5, 0.6) is 0 Å². The molecule has 0 spiro atoms. The molecule has 0 aromatic carbocycles. The van der Waals surface area contributed by atoms with Gasteiger partial charge in [-0.3, -0.25) is 4.98 Å². The molecule has 0 saturated heterocycles. The summed E-state index contributed by atoms with van der Waals surface area (Å²) in [4.78, 5) is 4.09. The summed E-state index contributed by atoms with van der Waals surface area (Å²) in [7, 11) is 1.87. The van der Waals surface area contributed by atoms with E-state index in [2.05, 4.69) is 16.9 Å². The summed E-state index contributed by atoms with van der Waals surface area (Å²) in [6.07, 6.45) is 3.48. The Bertz CT molecular complexity index is 230. The van der Waals surface area contributed by atoms with E-state index in [1.165, 1.54) is 0 Å². The van der Waals surface area contributed by atoms with E-state index >= 15 is 0 Å². The van der Waals surface area contributed by atoms with Crippen molar-refractivity contribution in [2.45, 2.75) is 0 Å². The van der Waals surface area contributed by atoms with Crippen molar-refractivity contribution in [3.63, 3.8) is 0 Å². The summed E-state index contributed by atoms with van der Waals surface area (Å²) in [5, 5.41) is 3.01. The van der Waals surface area contributed by atoms with Crippen molar-refractivity contribution in [1.29, 1.82) is 0 Å². The Hall–Kier alpha value is -1.31. The number of pyridine rings is 1. The molecule has 0 saturated carbocycles. The fourth-order valence-electron chi connectivity index (χ4n) is 0.792. The predicted octanol–water partition coefficient (Wildman–Crippen LogP) is 1.77. The van der Waals surface area contributed by atoms with E-state index in [1.54, 1.807) is 12.3 Å². The molecule has 0 unspecified atom stereocenters. The summed E-state index contributed by atoms with van der Waals surface area (Å²) in [6, 6.07) is 3.85. The summed E-state index contributed by atoms with van der Waals surface area (Å²) >= 11 is 0. The van der Waals surface area contributed by atoms with Crippen LogP contribution in [0.3, 0.4) is 0 Å². The number of nitrogens with zero attached hydrogens (tertiary/aromatic N) is 1. The molecule has 0 bridgehead atoms.